The largest absolute Gasteiger partial charge is 0.305 e. The molecular weight excluding hydrogens is 114 g/mol. The minimum atomic E-state index is 0.188. The zero-order valence-electron chi connectivity index (χ0n) is 6.03. The van der Waals surface area contributed by atoms with Crippen molar-refractivity contribution in [1.29, 1.82) is 0 Å². The number of nitrogens with one attached hydrogen (secondary N) is 1. The van der Waals surface area contributed by atoms with E-state index in [-0.39, 0.29) is 5.54 Å². The zero-order chi connectivity index (χ0) is 6.91. The van der Waals surface area contributed by atoms with Crippen LogP contribution in [0.4, 0.5) is 0 Å². The fourth-order valence-corrected chi connectivity index (χ4v) is 0.967. The summed E-state index contributed by atoms with van der Waals surface area (Å²) in [5, 5.41) is 3.16. The van der Waals surface area contributed by atoms with E-state index in [1.807, 2.05) is 0 Å². The van der Waals surface area contributed by atoms with Crippen LogP contribution in [-0.4, -0.2) is 17.9 Å². The Kier molecular flexibility index (Phi) is 1.58. The molecule has 0 bridgehead atoms. The molecule has 0 atom stereocenters. The van der Waals surface area contributed by atoms with Gasteiger partial charge in [0, 0.05) is 12.0 Å². The molecule has 1 aliphatic rings. The van der Waals surface area contributed by atoms with Gasteiger partial charge in [-0.25, -0.2) is 0 Å². The molecule has 1 N–H and O–H groups in total. The lowest BCUT2D eigenvalue weighted by Crippen LogP contribution is -2.46. The van der Waals surface area contributed by atoms with Crippen LogP contribution < -0.4 is 5.32 Å². The van der Waals surface area contributed by atoms with Gasteiger partial charge in [0.25, 0.3) is 0 Å². The highest BCUT2D eigenvalue weighted by Crippen LogP contribution is 2.14. The molecule has 0 aliphatic carbocycles. The first-order chi connectivity index (χ1) is 4.10. The smallest absolute Gasteiger partial charge is 0.146 e. The molecule has 9 heavy (non-hydrogen) atoms. The Morgan fingerprint density at radius 1 is 1.56 bits per heavy atom. The van der Waals surface area contributed by atoms with Crippen LogP contribution in [0.1, 0.15) is 26.7 Å². The topological polar surface area (TPSA) is 29.1 Å². The third-order valence-electron chi connectivity index (χ3n) is 1.79. The number of Topliss-reactive ketones (excluding diaryl/α,β-unsaturated/α-hetero) is 1. The van der Waals surface area contributed by atoms with Gasteiger partial charge in [-0.2, -0.15) is 0 Å². The van der Waals surface area contributed by atoms with Crippen molar-refractivity contribution in [2.24, 2.45) is 0 Å². The molecular formula is C7H13NO. The van der Waals surface area contributed by atoms with E-state index in [0.29, 0.717) is 12.3 Å². The predicted molar refractivity (Wildman–Crippen MR) is 36.3 cm³/mol. The molecule has 0 spiro atoms. The maximum atomic E-state index is 10.7. The van der Waals surface area contributed by atoms with Gasteiger partial charge in [-0.3, -0.25) is 4.79 Å². The van der Waals surface area contributed by atoms with Crippen molar-refractivity contribution >= 4 is 5.78 Å². The quantitative estimate of drug-likeness (QED) is 0.519. The Bertz CT molecular complexity index is 117. The lowest BCUT2D eigenvalue weighted by Gasteiger charge is -2.29. The van der Waals surface area contributed by atoms with Gasteiger partial charge >= 0.3 is 0 Å². The molecule has 0 aromatic carbocycles. The van der Waals surface area contributed by atoms with E-state index in [4.69, 9.17) is 0 Å². The highest BCUT2D eigenvalue weighted by atomic mass is 16.1. The van der Waals surface area contributed by atoms with Gasteiger partial charge in [0.1, 0.15) is 5.78 Å². The van der Waals surface area contributed by atoms with Crippen molar-refractivity contribution in [3.63, 3.8) is 0 Å². The van der Waals surface area contributed by atoms with Crippen LogP contribution >= 0.6 is 0 Å². The van der Waals surface area contributed by atoms with Gasteiger partial charge in [0.15, 0.2) is 0 Å². The molecule has 0 unspecified atom stereocenters. The number of rotatable bonds is 0. The molecule has 1 saturated heterocycles. The SMILES string of the molecule is CC1(C)CCC(=O)CN1. The molecule has 0 aromatic heterocycles. The van der Waals surface area contributed by atoms with Gasteiger partial charge in [0.2, 0.25) is 0 Å². The summed E-state index contributed by atoms with van der Waals surface area (Å²) in [6, 6.07) is 0. The molecule has 0 aromatic rings. The number of hydrogen-bond donors (Lipinski definition) is 1. The summed E-state index contributed by atoms with van der Waals surface area (Å²) in [5.41, 5.74) is 0.188. The van der Waals surface area contributed by atoms with Crippen LogP contribution in [0.5, 0.6) is 0 Å². The summed E-state index contributed by atoms with van der Waals surface area (Å²) in [4.78, 5) is 10.7. The standard InChI is InChI=1S/C7H13NO/c1-7(2)4-3-6(9)5-8-7/h8H,3-5H2,1-2H3. The second kappa shape index (κ2) is 2.10. The van der Waals surface area contributed by atoms with Crippen LogP contribution in [0.15, 0.2) is 0 Å². The average Bonchev–Trinajstić information content (AvgIpc) is 1.78. The van der Waals surface area contributed by atoms with Crippen LogP contribution in [0, 0.1) is 0 Å². The Morgan fingerprint density at radius 3 is 2.56 bits per heavy atom. The predicted octanol–water partition coefficient (Wildman–Crippen LogP) is 0.718. The minimum Gasteiger partial charge on any atom is -0.305 e. The number of hydrogen-bond acceptors (Lipinski definition) is 2. The normalized spacial score (nSPS) is 26.2. The van der Waals surface area contributed by atoms with Gasteiger partial charge in [-0.05, 0) is 20.3 Å². The van der Waals surface area contributed by atoms with Crippen molar-refractivity contribution in [1.82, 2.24) is 5.32 Å². The number of carbonyl (C=O) groups excluding carboxylic acids is 1. The van der Waals surface area contributed by atoms with Gasteiger partial charge in [-0.15, -0.1) is 0 Å². The first-order valence-corrected chi connectivity index (χ1v) is 3.37. The van der Waals surface area contributed by atoms with E-state index < -0.39 is 0 Å². The highest BCUT2D eigenvalue weighted by Gasteiger charge is 2.23. The van der Waals surface area contributed by atoms with Crippen molar-refractivity contribution in [3.05, 3.63) is 0 Å². The molecule has 1 rings (SSSR count). The fraction of sp³-hybridized carbons (Fsp3) is 0.857. The lowest BCUT2D eigenvalue weighted by molar-refractivity contribution is -0.120. The molecule has 2 heteroatoms. The second-order valence-electron chi connectivity index (χ2n) is 3.28. The van der Waals surface area contributed by atoms with Gasteiger partial charge in [0.05, 0.1) is 6.54 Å². The Balaban J connectivity index is 2.44. The maximum Gasteiger partial charge on any atom is 0.146 e. The molecule has 0 saturated carbocycles. The number of piperidine rings is 1. The molecule has 1 fully saturated rings. The Morgan fingerprint density at radius 2 is 2.22 bits per heavy atom. The van der Waals surface area contributed by atoms with Crippen LogP contribution in [0.3, 0.4) is 0 Å². The second-order valence-corrected chi connectivity index (χ2v) is 3.28. The molecule has 1 aliphatic heterocycles. The van der Waals surface area contributed by atoms with Crippen LogP contribution in [0.25, 0.3) is 0 Å². The Hall–Kier alpha value is -0.370. The van der Waals surface area contributed by atoms with Gasteiger partial charge in [-0.1, -0.05) is 0 Å². The van der Waals surface area contributed by atoms with E-state index in [1.54, 1.807) is 0 Å². The fourth-order valence-electron chi connectivity index (χ4n) is 0.967. The van der Waals surface area contributed by atoms with E-state index in [0.717, 1.165) is 12.8 Å². The zero-order valence-corrected chi connectivity index (χ0v) is 6.03. The first-order valence-electron chi connectivity index (χ1n) is 3.37. The highest BCUT2D eigenvalue weighted by molar-refractivity contribution is 5.81. The van der Waals surface area contributed by atoms with Crippen molar-refractivity contribution in [2.75, 3.05) is 6.54 Å². The summed E-state index contributed by atoms with van der Waals surface area (Å²) in [7, 11) is 0. The number of ketones is 1. The van der Waals surface area contributed by atoms with Gasteiger partial charge < -0.3 is 5.32 Å². The summed E-state index contributed by atoms with van der Waals surface area (Å²) in [6.45, 7) is 4.81. The number of carbonyl (C=O) groups is 1. The van der Waals surface area contributed by atoms with Crippen molar-refractivity contribution < 1.29 is 4.79 Å². The van der Waals surface area contributed by atoms with Crippen LogP contribution in [-0.2, 0) is 4.79 Å². The van der Waals surface area contributed by atoms with E-state index in [1.165, 1.54) is 0 Å². The molecule has 2 nitrogen and oxygen atoms in total. The van der Waals surface area contributed by atoms with Crippen molar-refractivity contribution in [2.45, 2.75) is 32.2 Å². The first kappa shape index (κ1) is 6.75. The average molecular weight is 127 g/mol. The van der Waals surface area contributed by atoms with Crippen LogP contribution in [0.2, 0.25) is 0 Å². The summed E-state index contributed by atoms with van der Waals surface area (Å²) < 4.78 is 0. The molecule has 1 heterocycles. The monoisotopic (exact) mass is 127 g/mol. The summed E-state index contributed by atoms with van der Waals surface area (Å²) >= 11 is 0. The maximum absolute atomic E-state index is 10.7. The Labute approximate surface area is 55.6 Å². The molecule has 52 valence electrons. The van der Waals surface area contributed by atoms with E-state index in [9.17, 15) is 4.79 Å². The van der Waals surface area contributed by atoms with E-state index >= 15 is 0 Å². The third-order valence-corrected chi connectivity index (χ3v) is 1.79. The third kappa shape index (κ3) is 1.79. The lowest BCUT2D eigenvalue weighted by atomic mass is 9.93. The summed E-state index contributed by atoms with van der Waals surface area (Å²) in [6.07, 6.45) is 1.73. The summed E-state index contributed by atoms with van der Waals surface area (Å²) in [5.74, 6) is 0.342. The molecule has 0 radical (unpaired) electrons. The van der Waals surface area contributed by atoms with Crippen molar-refractivity contribution in [3.8, 4) is 0 Å². The minimum absolute atomic E-state index is 0.188. The molecule has 0 amide bonds. The van der Waals surface area contributed by atoms with E-state index in [2.05, 4.69) is 19.2 Å².